The quantitative estimate of drug-likeness (QED) is 0.729. The van der Waals surface area contributed by atoms with Crippen molar-refractivity contribution in [3.63, 3.8) is 0 Å². The van der Waals surface area contributed by atoms with Crippen molar-refractivity contribution in [1.29, 1.82) is 0 Å². The normalized spacial score (nSPS) is 12.6. The number of aromatic nitrogens is 4. The molecule has 6 heteroatoms. The SMILES string of the molecule is Cc1nnnn1/C(=C\c1ccccc1)C(=O)N[C@@H](C)c1ccccc1. The van der Waals surface area contributed by atoms with Gasteiger partial charge < -0.3 is 5.32 Å². The van der Waals surface area contributed by atoms with E-state index in [1.165, 1.54) is 4.68 Å². The lowest BCUT2D eigenvalue weighted by Crippen LogP contribution is -2.30. The maximum absolute atomic E-state index is 12.9. The largest absolute Gasteiger partial charge is 0.344 e. The maximum Gasteiger partial charge on any atom is 0.270 e. The summed E-state index contributed by atoms with van der Waals surface area (Å²) in [4.78, 5) is 12.9. The molecule has 0 radical (unpaired) electrons. The number of hydrogen-bond acceptors (Lipinski definition) is 4. The van der Waals surface area contributed by atoms with E-state index < -0.39 is 0 Å². The zero-order valence-electron chi connectivity index (χ0n) is 14.1. The molecule has 1 heterocycles. The lowest BCUT2D eigenvalue weighted by Gasteiger charge is -2.16. The number of aryl methyl sites for hydroxylation is 1. The molecule has 0 fully saturated rings. The summed E-state index contributed by atoms with van der Waals surface area (Å²) in [7, 11) is 0. The van der Waals surface area contributed by atoms with Gasteiger partial charge in [-0.15, -0.1) is 5.10 Å². The molecule has 0 aliphatic rings. The second-order valence-corrected chi connectivity index (χ2v) is 5.68. The molecule has 2 aromatic carbocycles. The van der Waals surface area contributed by atoms with E-state index in [1.807, 2.05) is 67.6 Å². The van der Waals surface area contributed by atoms with E-state index in [0.717, 1.165) is 11.1 Å². The van der Waals surface area contributed by atoms with Crippen molar-refractivity contribution >= 4 is 17.7 Å². The molecule has 1 N–H and O–H groups in total. The van der Waals surface area contributed by atoms with Crippen LogP contribution in [0.2, 0.25) is 0 Å². The highest BCUT2D eigenvalue weighted by molar-refractivity contribution is 6.18. The van der Waals surface area contributed by atoms with E-state index >= 15 is 0 Å². The van der Waals surface area contributed by atoms with Crippen molar-refractivity contribution in [3.8, 4) is 0 Å². The molecule has 3 aromatic rings. The number of nitrogens with one attached hydrogen (secondary N) is 1. The molecule has 0 bridgehead atoms. The molecule has 0 aliphatic heterocycles. The van der Waals surface area contributed by atoms with Crippen LogP contribution in [0.25, 0.3) is 11.8 Å². The van der Waals surface area contributed by atoms with Crippen molar-refractivity contribution in [2.45, 2.75) is 19.9 Å². The van der Waals surface area contributed by atoms with Gasteiger partial charge in [-0.3, -0.25) is 4.79 Å². The summed E-state index contributed by atoms with van der Waals surface area (Å²) < 4.78 is 1.44. The molecule has 0 unspecified atom stereocenters. The Labute approximate surface area is 146 Å². The number of benzene rings is 2. The topological polar surface area (TPSA) is 72.7 Å². The molecular weight excluding hydrogens is 314 g/mol. The van der Waals surface area contributed by atoms with Gasteiger partial charge in [-0.2, -0.15) is 4.68 Å². The molecular formula is C19H19N5O. The fourth-order valence-electron chi connectivity index (χ4n) is 2.48. The number of carbonyl (C=O) groups is 1. The van der Waals surface area contributed by atoms with Gasteiger partial charge in [-0.25, -0.2) is 0 Å². The van der Waals surface area contributed by atoms with Crippen LogP contribution < -0.4 is 5.32 Å². The molecule has 1 atom stereocenters. The third-order valence-electron chi connectivity index (χ3n) is 3.84. The summed E-state index contributed by atoms with van der Waals surface area (Å²) in [6.07, 6.45) is 1.77. The van der Waals surface area contributed by atoms with Crippen molar-refractivity contribution in [2.24, 2.45) is 0 Å². The fraction of sp³-hybridized carbons (Fsp3) is 0.158. The molecule has 1 aromatic heterocycles. The minimum Gasteiger partial charge on any atom is -0.344 e. The van der Waals surface area contributed by atoms with Crippen molar-refractivity contribution in [3.05, 3.63) is 77.6 Å². The Morgan fingerprint density at radius 1 is 1.08 bits per heavy atom. The number of nitrogens with zero attached hydrogens (tertiary/aromatic N) is 4. The Morgan fingerprint density at radius 2 is 1.72 bits per heavy atom. The molecule has 6 nitrogen and oxygen atoms in total. The highest BCUT2D eigenvalue weighted by Crippen LogP contribution is 2.16. The van der Waals surface area contributed by atoms with Crippen LogP contribution in [0.1, 0.15) is 29.9 Å². The van der Waals surface area contributed by atoms with Gasteiger partial charge >= 0.3 is 0 Å². The fourth-order valence-corrected chi connectivity index (χ4v) is 2.48. The molecule has 126 valence electrons. The number of tetrazole rings is 1. The highest BCUT2D eigenvalue weighted by Gasteiger charge is 2.18. The molecule has 1 amide bonds. The average Bonchev–Trinajstić information content (AvgIpc) is 3.07. The average molecular weight is 333 g/mol. The highest BCUT2D eigenvalue weighted by atomic mass is 16.2. The van der Waals surface area contributed by atoms with Crippen LogP contribution in [0.4, 0.5) is 0 Å². The maximum atomic E-state index is 12.9. The van der Waals surface area contributed by atoms with Crippen LogP contribution in [-0.4, -0.2) is 26.1 Å². The van der Waals surface area contributed by atoms with Crippen molar-refractivity contribution < 1.29 is 4.79 Å². The van der Waals surface area contributed by atoms with Gasteiger partial charge in [0, 0.05) is 0 Å². The van der Waals surface area contributed by atoms with Gasteiger partial charge in [0.25, 0.3) is 5.91 Å². The summed E-state index contributed by atoms with van der Waals surface area (Å²) in [5, 5.41) is 14.5. The predicted molar refractivity (Wildman–Crippen MR) is 96.2 cm³/mol. The molecule has 0 aliphatic carbocycles. The Morgan fingerprint density at radius 3 is 2.32 bits per heavy atom. The summed E-state index contributed by atoms with van der Waals surface area (Å²) in [6, 6.07) is 19.3. The molecule has 0 saturated carbocycles. The first kappa shape index (κ1) is 16.6. The second kappa shape index (κ2) is 7.53. The summed E-state index contributed by atoms with van der Waals surface area (Å²) in [6.45, 7) is 3.70. The van der Waals surface area contributed by atoms with E-state index in [-0.39, 0.29) is 11.9 Å². The molecule has 3 rings (SSSR count). The van der Waals surface area contributed by atoms with Crippen LogP contribution >= 0.6 is 0 Å². The first-order valence-corrected chi connectivity index (χ1v) is 8.03. The summed E-state index contributed by atoms with van der Waals surface area (Å²) >= 11 is 0. The van der Waals surface area contributed by atoms with E-state index in [2.05, 4.69) is 20.8 Å². The van der Waals surface area contributed by atoms with Crippen LogP contribution in [0.5, 0.6) is 0 Å². The monoisotopic (exact) mass is 333 g/mol. The minimum absolute atomic E-state index is 0.135. The number of rotatable bonds is 5. The zero-order valence-corrected chi connectivity index (χ0v) is 14.1. The van der Waals surface area contributed by atoms with Gasteiger partial charge in [-0.05, 0) is 41.5 Å². The van der Waals surface area contributed by atoms with Crippen LogP contribution in [0.3, 0.4) is 0 Å². The van der Waals surface area contributed by atoms with Crippen LogP contribution in [0.15, 0.2) is 60.7 Å². The first-order valence-electron chi connectivity index (χ1n) is 8.03. The molecule has 0 spiro atoms. The Bertz CT molecular complexity index is 871. The van der Waals surface area contributed by atoms with Gasteiger partial charge in [0.05, 0.1) is 6.04 Å². The molecule has 25 heavy (non-hydrogen) atoms. The van der Waals surface area contributed by atoms with Gasteiger partial charge in [0.1, 0.15) is 5.70 Å². The van der Waals surface area contributed by atoms with Gasteiger partial charge in [0.2, 0.25) is 0 Å². The predicted octanol–water partition coefficient (Wildman–Crippen LogP) is 2.86. The summed E-state index contributed by atoms with van der Waals surface area (Å²) in [5.41, 5.74) is 2.30. The Hall–Kier alpha value is -3.28. The van der Waals surface area contributed by atoms with E-state index in [1.54, 1.807) is 13.0 Å². The van der Waals surface area contributed by atoms with E-state index in [9.17, 15) is 4.79 Å². The molecule has 0 saturated heterocycles. The smallest absolute Gasteiger partial charge is 0.270 e. The van der Waals surface area contributed by atoms with Crippen LogP contribution in [0, 0.1) is 6.92 Å². The Kier molecular flexibility index (Phi) is 4.99. The van der Waals surface area contributed by atoms with Crippen LogP contribution in [-0.2, 0) is 4.79 Å². The van der Waals surface area contributed by atoms with E-state index in [4.69, 9.17) is 0 Å². The lowest BCUT2D eigenvalue weighted by atomic mass is 10.1. The Balaban J connectivity index is 1.91. The lowest BCUT2D eigenvalue weighted by molar-refractivity contribution is -0.116. The van der Waals surface area contributed by atoms with Gasteiger partial charge in [0.15, 0.2) is 5.82 Å². The van der Waals surface area contributed by atoms with Crippen molar-refractivity contribution in [1.82, 2.24) is 25.5 Å². The number of amides is 1. The third-order valence-corrected chi connectivity index (χ3v) is 3.84. The minimum atomic E-state index is -0.240. The van der Waals surface area contributed by atoms with Crippen molar-refractivity contribution in [2.75, 3.05) is 0 Å². The van der Waals surface area contributed by atoms with E-state index in [0.29, 0.717) is 11.5 Å². The number of carbonyl (C=O) groups excluding carboxylic acids is 1. The first-order chi connectivity index (χ1) is 12.1. The zero-order chi connectivity index (χ0) is 17.6. The van der Waals surface area contributed by atoms with Gasteiger partial charge in [-0.1, -0.05) is 60.7 Å². The second-order valence-electron chi connectivity index (χ2n) is 5.68. The number of hydrogen-bond donors (Lipinski definition) is 1. The standard InChI is InChI=1S/C19H19N5O/c1-14(17-11-7-4-8-12-17)20-19(25)18(24-15(2)21-22-23-24)13-16-9-5-3-6-10-16/h3-14H,1-2H3,(H,20,25)/b18-13-/t14-/m0/s1. The third kappa shape index (κ3) is 3.98. The summed E-state index contributed by atoms with van der Waals surface area (Å²) in [5.74, 6) is 0.306.